The summed E-state index contributed by atoms with van der Waals surface area (Å²) in [6, 6.07) is 7.06. The molecule has 2 aromatic rings. The van der Waals surface area contributed by atoms with Gasteiger partial charge in [-0.25, -0.2) is 4.79 Å². The zero-order valence-corrected chi connectivity index (χ0v) is 12.4. The van der Waals surface area contributed by atoms with Crippen LogP contribution in [0.25, 0.3) is 10.9 Å². The molecule has 2 rings (SSSR count). The molecule has 0 aliphatic heterocycles. The van der Waals surface area contributed by atoms with E-state index in [0.29, 0.717) is 5.69 Å². The lowest BCUT2D eigenvalue weighted by Crippen LogP contribution is -2.46. The van der Waals surface area contributed by atoms with Gasteiger partial charge in [0.2, 0.25) is 5.91 Å². The van der Waals surface area contributed by atoms with Crippen molar-refractivity contribution in [3.05, 3.63) is 30.5 Å². The molecule has 4 N–H and O–H groups in total. The maximum absolute atomic E-state index is 11.7. The Balaban J connectivity index is 1.85. The number of carbonyl (C=O) groups excluding carboxylic acids is 2. The van der Waals surface area contributed by atoms with Gasteiger partial charge >= 0.3 is 6.03 Å². The van der Waals surface area contributed by atoms with Crippen LogP contribution in [-0.2, 0) is 4.79 Å². The minimum absolute atomic E-state index is 0.0600. The fourth-order valence-corrected chi connectivity index (χ4v) is 1.93. The van der Waals surface area contributed by atoms with Crippen LogP contribution < -0.4 is 16.0 Å². The number of rotatable bonds is 3. The molecule has 0 radical (unpaired) electrons. The number of aromatic nitrogens is 1. The molecule has 0 spiro atoms. The normalized spacial score (nSPS) is 11.2. The highest BCUT2D eigenvalue weighted by Gasteiger charge is 2.14. The quantitative estimate of drug-likeness (QED) is 0.698. The van der Waals surface area contributed by atoms with Gasteiger partial charge in [-0.2, -0.15) is 0 Å². The van der Waals surface area contributed by atoms with Gasteiger partial charge in [-0.05, 0) is 45.0 Å². The van der Waals surface area contributed by atoms with E-state index in [1.165, 1.54) is 0 Å². The number of nitrogens with one attached hydrogen (secondary N) is 4. The average molecular weight is 288 g/mol. The monoisotopic (exact) mass is 288 g/mol. The Bertz CT molecular complexity index is 655. The molecular weight excluding hydrogens is 268 g/mol. The van der Waals surface area contributed by atoms with Crippen molar-refractivity contribution in [3.63, 3.8) is 0 Å². The molecule has 0 atom stereocenters. The maximum Gasteiger partial charge on any atom is 0.319 e. The van der Waals surface area contributed by atoms with Crippen molar-refractivity contribution >= 4 is 28.5 Å². The Morgan fingerprint density at radius 3 is 2.67 bits per heavy atom. The summed E-state index contributed by atoms with van der Waals surface area (Å²) in [6.45, 7) is 5.60. The van der Waals surface area contributed by atoms with Crippen molar-refractivity contribution in [2.24, 2.45) is 0 Å². The number of anilines is 1. The molecule has 1 aromatic carbocycles. The number of urea groups is 1. The van der Waals surface area contributed by atoms with Crippen LogP contribution in [0.2, 0.25) is 0 Å². The van der Waals surface area contributed by atoms with E-state index in [4.69, 9.17) is 0 Å². The molecule has 0 aliphatic carbocycles. The van der Waals surface area contributed by atoms with Gasteiger partial charge < -0.3 is 20.9 Å². The number of H-pyrrole nitrogens is 1. The van der Waals surface area contributed by atoms with Crippen molar-refractivity contribution in [1.82, 2.24) is 15.6 Å². The molecule has 0 unspecified atom stereocenters. The first-order chi connectivity index (χ1) is 9.83. The lowest BCUT2D eigenvalue weighted by Gasteiger charge is -2.20. The lowest BCUT2D eigenvalue weighted by molar-refractivity contribution is -0.121. The van der Waals surface area contributed by atoms with Crippen LogP contribution in [0.4, 0.5) is 10.5 Å². The van der Waals surface area contributed by atoms with Crippen molar-refractivity contribution in [1.29, 1.82) is 0 Å². The summed E-state index contributed by atoms with van der Waals surface area (Å²) < 4.78 is 0. The highest BCUT2D eigenvalue weighted by Crippen LogP contribution is 2.17. The van der Waals surface area contributed by atoms with Crippen LogP contribution in [0.15, 0.2) is 30.5 Å². The van der Waals surface area contributed by atoms with Crippen LogP contribution in [0, 0.1) is 0 Å². The number of hydrogen-bond acceptors (Lipinski definition) is 2. The van der Waals surface area contributed by atoms with Gasteiger partial charge in [0.25, 0.3) is 0 Å². The summed E-state index contributed by atoms with van der Waals surface area (Å²) in [5.74, 6) is -0.223. The minimum atomic E-state index is -0.408. The number of aromatic amines is 1. The Hall–Kier alpha value is -2.50. The third-order valence-corrected chi connectivity index (χ3v) is 2.74. The van der Waals surface area contributed by atoms with Crippen LogP contribution in [-0.4, -0.2) is 29.0 Å². The molecule has 21 heavy (non-hydrogen) atoms. The molecule has 0 aliphatic rings. The van der Waals surface area contributed by atoms with Gasteiger partial charge in [0, 0.05) is 28.3 Å². The first-order valence-electron chi connectivity index (χ1n) is 6.76. The molecule has 1 heterocycles. The summed E-state index contributed by atoms with van der Waals surface area (Å²) >= 11 is 0. The van der Waals surface area contributed by atoms with E-state index in [1.807, 2.05) is 45.2 Å². The summed E-state index contributed by atoms with van der Waals surface area (Å²) in [7, 11) is 0. The van der Waals surface area contributed by atoms with Crippen LogP contribution in [0.3, 0.4) is 0 Å². The van der Waals surface area contributed by atoms with Crippen LogP contribution >= 0.6 is 0 Å². The smallest absolute Gasteiger partial charge is 0.319 e. The van der Waals surface area contributed by atoms with Crippen molar-refractivity contribution < 1.29 is 9.59 Å². The van der Waals surface area contributed by atoms with E-state index in [2.05, 4.69) is 20.9 Å². The molecule has 6 nitrogen and oxygen atoms in total. The van der Waals surface area contributed by atoms with Gasteiger partial charge in [0.15, 0.2) is 0 Å². The largest absolute Gasteiger partial charge is 0.361 e. The van der Waals surface area contributed by atoms with Crippen LogP contribution in [0.1, 0.15) is 20.8 Å². The fraction of sp³-hybridized carbons (Fsp3) is 0.333. The Labute approximate surface area is 123 Å². The maximum atomic E-state index is 11.7. The summed E-state index contributed by atoms with van der Waals surface area (Å²) in [5, 5.41) is 9.01. The lowest BCUT2D eigenvalue weighted by atomic mass is 10.1. The second-order valence-electron chi connectivity index (χ2n) is 5.89. The van der Waals surface area contributed by atoms with Gasteiger partial charge in [0.1, 0.15) is 0 Å². The predicted molar refractivity (Wildman–Crippen MR) is 83.2 cm³/mol. The standard InChI is InChI=1S/C15H20N4O2/c1-15(2,3)19-13(20)9-17-14(21)18-11-4-5-12-10(8-11)6-7-16-12/h4-8,16H,9H2,1-3H3,(H,19,20)(H2,17,18,21). The second-order valence-corrected chi connectivity index (χ2v) is 5.89. The molecule has 112 valence electrons. The number of fused-ring (bicyclic) bond motifs is 1. The molecule has 0 saturated heterocycles. The first kappa shape index (κ1) is 14.9. The molecule has 0 fully saturated rings. The zero-order valence-electron chi connectivity index (χ0n) is 12.4. The SMILES string of the molecule is CC(C)(C)NC(=O)CNC(=O)Nc1ccc2[nH]ccc2c1. The van der Waals surface area contributed by atoms with Gasteiger partial charge in [-0.1, -0.05) is 0 Å². The number of hydrogen-bond donors (Lipinski definition) is 4. The average Bonchev–Trinajstić information content (AvgIpc) is 2.81. The first-order valence-corrected chi connectivity index (χ1v) is 6.76. The molecule has 0 saturated carbocycles. The van der Waals surface area contributed by atoms with E-state index in [0.717, 1.165) is 10.9 Å². The Morgan fingerprint density at radius 1 is 1.19 bits per heavy atom. The predicted octanol–water partition coefficient (Wildman–Crippen LogP) is 2.20. The van der Waals surface area contributed by atoms with E-state index >= 15 is 0 Å². The second kappa shape index (κ2) is 5.87. The topological polar surface area (TPSA) is 86.0 Å². The molecule has 1 aromatic heterocycles. The summed E-state index contributed by atoms with van der Waals surface area (Å²) in [4.78, 5) is 26.4. The zero-order chi connectivity index (χ0) is 15.5. The Kier molecular flexibility index (Phi) is 4.16. The van der Waals surface area contributed by atoms with Crippen molar-refractivity contribution in [2.75, 3.05) is 11.9 Å². The van der Waals surface area contributed by atoms with Gasteiger partial charge in [-0.3, -0.25) is 4.79 Å². The number of benzene rings is 1. The highest BCUT2D eigenvalue weighted by molar-refractivity contribution is 5.94. The van der Waals surface area contributed by atoms with Crippen molar-refractivity contribution in [2.45, 2.75) is 26.3 Å². The molecule has 3 amide bonds. The summed E-state index contributed by atoms with van der Waals surface area (Å²) in [5.41, 5.74) is 1.37. The van der Waals surface area contributed by atoms with Gasteiger partial charge in [-0.15, -0.1) is 0 Å². The fourth-order valence-electron chi connectivity index (χ4n) is 1.93. The highest BCUT2D eigenvalue weighted by atomic mass is 16.2. The number of amides is 3. The van der Waals surface area contributed by atoms with E-state index in [1.54, 1.807) is 6.07 Å². The van der Waals surface area contributed by atoms with Crippen molar-refractivity contribution in [3.8, 4) is 0 Å². The Morgan fingerprint density at radius 2 is 1.95 bits per heavy atom. The van der Waals surface area contributed by atoms with E-state index in [-0.39, 0.29) is 18.0 Å². The minimum Gasteiger partial charge on any atom is -0.361 e. The third kappa shape index (κ3) is 4.52. The summed E-state index contributed by atoms with van der Waals surface area (Å²) in [6.07, 6.45) is 1.84. The molecular formula is C15H20N4O2. The molecule has 6 heteroatoms. The van der Waals surface area contributed by atoms with Gasteiger partial charge in [0.05, 0.1) is 6.54 Å². The molecule has 0 bridgehead atoms. The third-order valence-electron chi connectivity index (χ3n) is 2.74. The van der Waals surface area contributed by atoms with E-state index < -0.39 is 6.03 Å². The number of carbonyl (C=O) groups is 2. The van der Waals surface area contributed by atoms with E-state index in [9.17, 15) is 9.59 Å². The van der Waals surface area contributed by atoms with Crippen LogP contribution in [0.5, 0.6) is 0 Å².